The Bertz CT molecular complexity index is 165. The van der Waals surface area contributed by atoms with E-state index in [9.17, 15) is 4.79 Å². The number of rotatable bonds is 3. The van der Waals surface area contributed by atoms with Crippen molar-refractivity contribution in [3.63, 3.8) is 0 Å². The van der Waals surface area contributed by atoms with Crippen molar-refractivity contribution in [3.8, 4) is 0 Å². The highest BCUT2D eigenvalue weighted by Gasteiger charge is 2.34. The lowest BCUT2D eigenvalue weighted by Crippen LogP contribution is -2.37. The fraction of sp³-hybridized carbons (Fsp3) is 0.900. The molecule has 0 radical (unpaired) electrons. The summed E-state index contributed by atoms with van der Waals surface area (Å²) in [6.07, 6.45) is 4.27. The molecule has 0 N–H and O–H groups in total. The van der Waals surface area contributed by atoms with Gasteiger partial charge in [0, 0.05) is 12.0 Å². The first-order valence-electron chi connectivity index (χ1n) is 4.80. The number of Topliss-reactive ketones (excluding diaryl/α,β-unsaturated/α-hetero) is 1. The van der Waals surface area contributed by atoms with Crippen LogP contribution in [-0.2, 0) is 9.53 Å². The van der Waals surface area contributed by atoms with Gasteiger partial charge in [0.25, 0.3) is 0 Å². The second-order valence-corrected chi connectivity index (χ2v) is 3.89. The van der Waals surface area contributed by atoms with Crippen molar-refractivity contribution in [2.24, 2.45) is 5.41 Å². The third kappa shape index (κ3) is 2.07. The Morgan fingerprint density at radius 3 is 2.92 bits per heavy atom. The van der Waals surface area contributed by atoms with Crippen molar-refractivity contribution >= 4 is 5.78 Å². The maximum Gasteiger partial charge on any atom is 0.164 e. The third-order valence-corrected chi connectivity index (χ3v) is 2.79. The number of carbonyl (C=O) groups excluding carboxylic acids is 1. The molecule has 0 spiro atoms. The molecule has 0 amide bonds. The van der Waals surface area contributed by atoms with E-state index in [0.717, 1.165) is 25.9 Å². The molecular weight excluding hydrogens is 152 g/mol. The van der Waals surface area contributed by atoms with Crippen LogP contribution in [0, 0.1) is 5.41 Å². The van der Waals surface area contributed by atoms with Crippen LogP contribution in [0.3, 0.4) is 0 Å². The molecule has 0 aromatic heterocycles. The molecule has 0 aliphatic carbocycles. The monoisotopic (exact) mass is 170 g/mol. The van der Waals surface area contributed by atoms with E-state index in [2.05, 4.69) is 13.8 Å². The van der Waals surface area contributed by atoms with E-state index in [4.69, 9.17) is 4.74 Å². The summed E-state index contributed by atoms with van der Waals surface area (Å²) in [6.45, 7) is 5.33. The Kier molecular flexibility index (Phi) is 3.27. The summed E-state index contributed by atoms with van der Waals surface area (Å²) in [5, 5.41) is 0. The minimum Gasteiger partial charge on any atom is -0.374 e. The van der Waals surface area contributed by atoms with E-state index in [-0.39, 0.29) is 5.41 Å². The minimum atomic E-state index is -0.0751. The number of ether oxygens (including phenoxy) is 1. The first-order valence-corrected chi connectivity index (χ1v) is 4.80. The second-order valence-electron chi connectivity index (χ2n) is 3.89. The van der Waals surface area contributed by atoms with Gasteiger partial charge in [-0.3, -0.25) is 4.79 Å². The second kappa shape index (κ2) is 4.04. The van der Waals surface area contributed by atoms with Crippen LogP contribution in [0.15, 0.2) is 0 Å². The Balaban J connectivity index is 2.48. The molecule has 1 aliphatic heterocycles. The number of hydrogen-bond acceptors (Lipinski definition) is 2. The van der Waals surface area contributed by atoms with Crippen LogP contribution in [0.1, 0.15) is 39.5 Å². The summed E-state index contributed by atoms with van der Waals surface area (Å²) in [5.74, 6) is 0.294. The lowest BCUT2D eigenvalue weighted by molar-refractivity contribution is -0.140. The Labute approximate surface area is 74.3 Å². The van der Waals surface area contributed by atoms with Gasteiger partial charge in [-0.05, 0) is 12.8 Å². The molecule has 1 heterocycles. The molecule has 1 saturated heterocycles. The summed E-state index contributed by atoms with van der Waals surface area (Å²) < 4.78 is 5.11. The lowest BCUT2D eigenvalue weighted by Gasteiger charge is -2.31. The number of hydrogen-bond donors (Lipinski definition) is 0. The van der Waals surface area contributed by atoms with Gasteiger partial charge < -0.3 is 4.74 Å². The van der Waals surface area contributed by atoms with Crippen LogP contribution in [0.4, 0.5) is 0 Å². The van der Waals surface area contributed by atoms with E-state index in [0.29, 0.717) is 12.4 Å². The van der Waals surface area contributed by atoms with Crippen molar-refractivity contribution in [3.05, 3.63) is 0 Å². The quantitative estimate of drug-likeness (QED) is 0.649. The Morgan fingerprint density at radius 2 is 2.33 bits per heavy atom. The van der Waals surface area contributed by atoms with Gasteiger partial charge in [-0.15, -0.1) is 0 Å². The normalized spacial score (nSPS) is 30.7. The van der Waals surface area contributed by atoms with Crippen molar-refractivity contribution in [1.82, 2.24) is 0 Å². The zero-order valence-electron chi connectivity index (χ0n) is 8.06. The van der Waals surface area contributed by atoms with Gasteiger partial charge in [-0.25, -0.2) is 0 Å². The maximum absolute atomic E-state index is 11.5. The van der Waals surface area contributed by atoms with Gasteiger partial charge in [0.1, 0.15) is 6.61 Å². The predicted molar refractivity (Wildman–Crippen MR) is 48.1 cm³/mol. The first-order chi connectivity index (χ1) is 5.69. The summed E-state index contributed by atoms with van der Waals surface area (Å²) in [7, 11) is 0. The summed E-state index contributed by atoms with van der Waals surface area (Å²) >= 11 is 0. The first kappa shape index (κ1) is 9.72. The predicted octanol–water partition coefficient (Wildman–Crippen LogP) is 2.17. The zero-order valence-corrected chi connectivity index (χ0v) is 8.06. The van der Waals surface area contributed by atoms with E-state index < -0.39 is 0 Å². The van der Waals surface area contributed by atoms with Crippen molar-refractivity contribution in [2.75, 3.05) is 13.2 Å². The van der Waals surface area contributed by atoms with Crippen LogP contribution < -0.4 is 0 Å². The molecule has 0 aromatic rings. The van der Waals surface area contributed by atoms with Crippen LogP contribution in [0.2, 0.25) is 0 Å². The van der Waals surface area contributed by atoms with Crippen LogP contribution in [0.5, 0.6) is 0 Å². The number of unbranched alkanes of at least 4 members (excludes halogenated alkanes) is 1. The van der Waals surface area contributed by atoms with E-state index >= 15 is 0 Å². The maximum atomic E-state index is 11.5. The van der Waals surface area contributed by atoms with Crippen molar-refractivity contribution < 1.29 is 9.53 Å². The molecule has 0 bridgehead atoms. The molecule has 1 atom stereocenters. The SMILES string of the molecule is CCCCC1(C)CCOCC1=O. The van der Waals surface area contributed by atoms with Gasteiger partial charge in [-0.2, -0.15) is 0 Å². The number of ketones is 1. The fourth-order valence-corrected chi connectivity index (χ4v) is 1.61. The average Bonchev–Trinajstić information content (AvgIpc) is 2.07. The summed E-state index contributed by atoms with van der Waals surface area (Å²) in [6, 6.07) is 0. The highest BCUT2D eigenvalue weighted by Crippen LogP contribution is 2.32. The Morgan fingerprint density at radius 1 is 1.58 bits per heavy atom. The highest BCUT2D eigenvalue weighted by molar-refractivity contribution is 5.86. The standard InChI is InChI=1S/C10H18O2/c1-3-4-5-10(2)6-7-12-8-9(10)11/h3-8H2,1-2H3. The molecule has 1 rings (SSSR count). The molecule has 0 aromatic carbocycles. The smallest absolute Gasteiger partial charge is 0.164 e. The van der Waals surface area contributed by atoms with Gasteiger partial charge >= 0.3 is 0 Å². The fourth-order valence-electron chi connectivity index (χ4n) is 1.61. The average molecular weight is 170 g/mol. The molecule has 12 heavy (non-hydrogen) atoms. The van der Waals surface area contributed by atoms with Crippen LogP contribution in [0.25, 0.3) is 0 Å². The number of carbonyl (C=O) groups is 1. The van der Waals surface area contributed by atoms with E-state index in [1.54, 1.807) is 0 Å². The highest BCUT2D eigenvalue weighted by atomic mass is 16.5. The zero-order chi connectivity index (χ0) is 9.03. The minimum absolute atomic E-state index is 0.0751. The molecule has 2 nitrogen and oxygen atoms in total. The molecular formula is C10H18O2. The van der Waals surface area contributed by atoms with Crippen molar-refractivity contribution in [1.29, 1.82) is 0 Å². The van der Waals surface area contributed by atoms with Gasteiger partial charge in [0.2, 0.25) is 0 Å². The summed E-state index contributed by atoms with van der Waals surface area (Å²) in [4.78, 5) is 11.5. The van der Waals surface area contributed by atoms with Gasteiger partial charge in [0.05, 0.1) is 0 Å². The van der Waals surface area contributed by atoms with Crippen LogP contribution >= 0.6 is 0 Å². The van der Waals surface area contributed by atoms with Crippen molar-refractivity contribution in [2.45, 2.75) is 39.5 Å². The van der Waals surface area contributed by atoms with Crippen LogP contribution in [-0.4, -0.2) is 19.0 Å². The molecule has 0 saturated carbocycles. The third-order valence-electron chi connectivity index (χ3n) is 2.79. The summed E-state index contributed by atoms with van der Waals surface area (Å²) in [5.41, 5.74) is -0.0751. The Hall–Kier alpha value is -0.370. The molecule has 1 fully saturated rings. The van der Waals surface area contributed by atoms with Gasteiger partial charge in [-0.1, -0.05) is 26.7 Å². The molecule has 1 aliphatic rings. The molecule has 70 valence electrons. The molecule has 1 unspecified atom stereocenters. The van der Waals surface area contributed by atoms with E-state index in [1.165, 1.54) is 6.42 Å². The van der Waals surface area contributed by atoms with Gasteiger partial charge in [0.15, 0.2) is 5.78 Å². The topological polar surface area (TPSA) is 26.3 Å². The largest absolute Gasteiger partial charge is 0.374 e. The molecule has 2 heteroatoms. The van der Waals surface area contributed by atoms with E-state index in [1.807, 2.05) is 0 Å². The lowest BCUT2D eigenvalue weighted by atomic mass is 9.77.